The second-order valence-corrected chi connectivity index (χ2v) is 23.4. The molecule has 0 spiro atoms. The van der Waals surface area contributed by atoms with Crippen molar-refractivity contribution in [2.24, 2.45) is 71.0 Å². The predicted octanol–water partition coefficient (Wildman–Crippen LogP) is 20.1. The van der Waals surface area contributed by atoms with E-state index in [1.165, 1.54) is 49.0 Å². The molecule has 2 nitrogen and oxygen atoms in total. The summed E-state index contributed by atoms with van der Waals surface area (Å²) in [5, 5.41) is 16.8. The SMILES string of the molecule is CC(C)C.CC(C)C(C)C.CC(C)C(C)O.CC(C)CC(C)C.CC(C)CC1=CCc2ccccc21.CC(C)CO.CC(C)CS.CCC.CCC(C)C(C)C.CSCCC(C)C. The van der Waals surface area contributed by atoms with Crippen molar-refractivity contribution in [2.45, 2.75) is 238 Å². The first-order chi connectivity index (χ1) is 28.8. The van der Waals surface area contributed by atoms with E-state index >= 15 is 0 Å². The molecule has 0 aromatic heterocycles. The van der Waals surface area contributed by atoms with Gasteiger partial charge < -0.3 is 10.2 Å². The highest BCUT2D eigenvalue weighted by molar-refractivity contribution is 7.98. The fourth-order valence-electron chi connectivity index (χ4n) is 3.76. The van der Waals surface area contributed by atoms with Crippen LogP contribution in [0.2, 0.25) is 0 Å². The van der Waals surface area contributed by atoms with Gasteiger partial charge in [0.15, 0.2) is 0 Å². The average molecular weight is 932 g/mol. The van der Waals surface area contributed by atoms with Crippen molar-refractivity contribution in [3.8, 4) is 0 Å². The average Bonchev–Trinajstić information content (AvgIpc) is 3.56. The molecule has 2 unspecified atom stereocenters. The Hall–Kier alpha value is -0.420. The molecule has 2 N–H and O–H groups in total. The number of aliphatic hydroxyl groups is 2. The second-order valence-electron chi connectivity index (χ2n) is 22.1. The third-order valence-corrected chi connectivity index (χ3v) is 10.6. The van der Waals surface area contributed by atoms with Gasteiger partial charge >= 0.3 is 0 Å². The van der Waals surface area contributed by atoms with Gasteiger partial charge in [0.2, 0.25) is 0 Å². The summed E-state index contributed by atoms with van der Waals surface area (Å²) in [7, 11) is 0. The van der Waals surface area contributed by atoms with Crippen LogP contribution in [0.25, 0.3) is 5.57 Å². The van der Waals surface area contributed by atoms with Gasteiger partial charge in [0.1, 0.15) is 0 Å². The molecule has 2 rings (SSSR count). The summed E-state index contributed by atoms with van der Waals surface area (Å²) < 4.78 is 0. The highest BCUT2D eigenvalue weighted by atomic mass is 32.2. The van der Waals surface area contributed by atoms with E-state index in [1.807, 2.05) is 39.5 Å². The molecule has 386 valence electrons. The number of thioether (sulfide) groups is 1. The van der Waals surface area contributed by atoms with Crippen LogP contribution in [-0.4, -0.2) is 40.7 Å². The lowest BCUT2D eigenvalue weighted by Crippen LogP contribution is -2.07. The number of benzene rings is 1. The second kappa shape index (κ2) is 57.7. The van der Waals surface area contributed by atoms with Gasteiger partial charge in [-0.3, -0.25) is 0 Å². The first kappa shape index (κ1) is 79.7. The van der Waals surface area contributed by atoms with Gasteiger partial charge in [0.25, 0.3) is 0 Å². The van der Waals surface area contributed by atoms with Gasteiger partial charge in [-0.05, 0) is 138 Å². The number of hydrogen-bond acceptors (Lipinski definition) is 4. The Kier molecular flexibility index (Phi) is 73.0. The summed E-state index contributed by atoms with van der Waals surface area (Å²) in [5.41, 5.74) is 4.53. The maximum absolute atomic E-state index is 8.63. The van der Waals surface area contributed by atoms with E-state index in [-0.39, 0.29) is 6.10 Å². The Labute approximate surface area is 413 Å². The minimum absolute atomic E-state index is 0.148. The molecule has 0 bridgehead atoms. The lowest BCUT2D eigenvalue weighted by Gasteiger charge is -2.10. The molecule has 0 amide bonds. The highest BCUT2D eigenvalue weighted by Gasteiger charge is 2.13. The van der Waals surface area contributed by atoms with Crippen LogP contribution in [0.5, 0.6) is 0 Å². The van der Waals surface area contributed by atoms with Crippen molar-refractivity contribution < 1.29 is 10.2 Å². The number of allylic oxidation sites excluding steroid dienone is 2. The van der Waals surface area contributed by atoms with E-state index in [4.69, 9.17) is 10.2 Å². The summed E-state index contributed by atoms with van der Waals surface area (Å²) in [6, 6.07) is 8.75. The Bertz CT molecular complexity index is 931. The molecule has 1 aliphatic carbocycles. The van der Waals surface area contributed by atoms with Crippen molar-refractivity contribution in [1.82, 2.24) is 0 Å². The minimum Gasteiger partial charge on any atom is -0.396 e. The summed E-state index contributed by atoms with van der Waals surface area (Å²) in [4.78, 5) is 0. The van der Waals surface area contributed by atoms with Gasteiger partial charge in [-0.15, -0.1) is 0 Å². The molecule has 0 saturated heterocycles. The van der Waals surface area contributed by atoms with Crippen LogP contribution in [0.15, 0.2) is 30.3 Å². The monoisotopic (exact) mass is 931 g/mol. The van der Waals surface area contributed by atoms with Crippen molar-refractivity contribution in [3.63, 3.8) is 0 Å². The molecule has 0 fully saturated rings. The zero-order valence-corrected chi connectivity index (χ0v) is 50.7. The van der Waals surface area contributed by atoms with Gasteiger partial charge in [0.05, 0.1) is 6.10 Å². The van der Waals surface area contributed by atoms with Gasteiger partial charge in [-0.1, -0.05) is 230 Å². The zero-order valence-electron chi connectivity index (χ0n) is 49.0. The fraction of sp³-hybridized carbons (Fsp3) is 0.864. The largest absolute Gasteiger partial charge is 0.396 e. The summed E-state index contributed by atoms with van der Waals surface area (Å²) in [6.07, 6.45) is 12.0. The zero-order chi connectivity index (χ0) is 51.8. The van der Waals surface area contributed by atoms with Crippen LogP contribution in [0.3, 0.4) is 0 Å². The highest BCUT2D eigenvalue weighted by Crippen LogP contribution is 2.31. The Morgan fingerprint density at radius 2 is 0.937 bits per heavy atom. The Morgan fingerprint density at radius 1 is 0.571 bits per heavy atom. The van der Waals surface area contributed by atoms with Crippen LogP contribution < -0.4 is 0 Å². The standard InChI is InChI=1S/C13H16.2C7H16.C6H14S.C6H14.C5H12O.C4H10O.C4H10S.C4H10.C3H8/c1-10(2)9-12-8-7-11-5-3-4-6-13(11)12;1-6(2)5-7(3)4;1-5-7(4)6(2)3;1-6(2)4-5-7-3;1-5(2)6(3)4;1-4(2)5(3)6;2*1-4(2)3-5;1-4(2)3;1-3-2/h3-6,8,10H,7,9H2,1-2H3;2*6-7H,5H2,1-4H3;6H,4-5H2,1-3H3;5-6H,1-4H3;4-6H,1-3H3;2*4-5H,3H2,1-2H3;4H,1-3H3;3H2,1-2H3. The summed E-state index contributed by atoms with van der Waals surface area (Å²) >= 11 is 5.95. The van der Waals surface area contributed by atoms with Gasteiger partial charge in [-0.25, -0.2) is 0 Å². The van der Waals surface area contributed by atoms with Crippen LogP contribution in [0, 0.1) is 71.0 Å². The quantitative estimate of drug-likeness (QED) is 0.173. The molecule has 4 heteroatoms. The van der Waals surface area contributed by atoms with Crippen LogP contribution in [-0.2, 0) is 6.42 Å². The van der Waals surface area contributed by atoms with E-state index in [1.54, 1.807) is 12.5 Å². The van der Waals surface area contributed by atoms with Gasteiger partial charge in [-0.2, -0.15) is 24.4 Å². The Morgan fingerprint density at radius 3 is 1.11 bits per heavy atom. The van der Waals surface area contributed by atoms with Crippen LogP contribution in [0.4, 0.5) is 0 Å². The molecule has 1 aromatic carbocycles. The number of hydrogen-bond donors (Lipinski definition) is 3. The molecule has 0 saturated carbocycles. The van der Waals surface area contributed by atoms with Crippen molar-refractivity contribution in [3.05, 3.63) is 41.5 Å². The van der Waals surface area contributed by atoms with E-state index in [0.717, 1.165) is 71.4 Å². The lowest BCUT2D eigenvalue weighted by atomic mass is 9.96. The van der Waals surface area contributed by atoms with E-state index < -0.39 is 0 Å². The molecule has 1 aliphatic rings. The van der Waals surface area contributed by atoms with Crippen molar-refractivity contribution >= 4 is 30.0 Å². The van der Waals surface area contributed by atoms with Crippen LogP contribution >= 0.6 is 24.4 Å². The molecular weight excluding hydrogens is 805 g/mol. The number of rotatable bonds is 13. The van der Waals surface area contributed by atoms with E-state index in [9.17, 15) is 0 Å². The third kappa shape index (κ3) is 88.9. The minimum atomic E-state index is -0.148. The smallest absolute Gasteiger partial charge is 0.0535 e. The summed E-state index contributed by atoms with van der Waals surface area (Å²) in [6.45, 7) is 61.2. The molecule has 1 aromatic rings. The fourth-order valence-corrected chi connectivity index (χ4v) is 4.46. The maximum Gasteiger partial charge on any atom is 0.0535 e. The normalized spacial score (nSPS) is 12.0. The van der Waals surface area contributed by atoms with E-state index in [2.05, 4.69) is 208 Å². The predicted molar refractivity (Wildman–Crippen MR) is 307 cm³/mol. The topological polar surface area (TPSA) is 40.5 Å². The van der Waals surface area contributed by atoms with E-state index in [0.29, 0.717) is 18.4 Å². The third-order valence-electron chi connectivity index (χ3n) is 9.21. The molecule has 0 heterocycles. The Balaban J connectivity index is -0.0000000916. The number of thiol groups is 1. The van der Waals surface area contributed by atoms with Gasteiger partial charge in [0, 0.05) is 6.61 Å². The first-order valence-electron chi connectivity index (χ1n) is 26.0. The molecule has 2 atom stereocenters. The molecule has 63 heavy (non-hydrogen) atoms. The maximum atomic E-state index is 8.63. The molecule has 0 aliphatic heterocycles. The number of fused-ring (bicyclic) bond motifs is 1. The lowest BCUT2D eigenvalue weighted by molar-refractivity contribution is 0.144. The van der Waals surface area contributed by atoms with Crippen molar-refractivity contribution in [2.75, 3.05) is 24.4 Å². The van der Waals surface area contributed by atoms with Crippen LogP contribution in [0.1, 0.15) is 237 Å². The number of aliphatic hydroxyl groups excluding tert-OH is 2. The van der Waals surface area contributed by atoms with Crippen molar-refractivity contribution in [1.29, 1.82) is 0 Å². The molecular formula is C59H126O2S2. The summed E-state index contributed by atoms with van der Waals surface area (Å²) in [5.74, 6) is 11.6. The first-order valence-corrected chi connectivity index (χ1v) is 28.0. The molecule has 0 radical (unpaired) electrons.